The largest absolute Gasteiger partial charge is 0.386 e. The number of ether oxygens (including phenoxy) is 1. The lowest BCUT2D eigenvalue weighted by Gasteiger charge is -2.23. The van der Waals surface area contributed by atoms with Crippen molar-refractivity contribution in [3.8, 4) is 0 Å². The van der Waals surface area contributed by atoms with Gasteiger partial charge in [-0.1, -0.05) is 0 Å². The predicted octanol–water partition coefficient (Wildman–Crippen LogP) is -0.880. The number of aliphatic hydroxyl groups is 1. The lowest BCUT2D eigenvalue weighted by Crippen LogP contribution is -2.41. The predicted molar refractivity (Wildman–Crippen MR) is 73.8 cm³/mol. The van der Waals surface area contributed by atoms with Gasteiger partial charge in [0.15, 0.2) is 17.7 Å². The summed E-state index contributed by atoms with van der Waals surface area (Å²) in [4.78, 5) is 12.5. The van der Waals surface area contributed by atoms with Crippen LogP contribution in [0.25, 0.3) is 11.2 Å². The summed E-state index contributed by atoms with van der Waals surface area (Å²) in [6.07, 6.45) is -0.0662. The standard InChI is InChI=1S/C11H13N5O5S/c1-12-9-6-10(14-3-13-9)16(4-15-6)11-7(17)8-5(20-11)2-19-22(18)21-8/h3-5,7-8,11,17H,2H2,1H3,(H,12,13,14)/t5-,7-,8+,11-,22?/m1/s1. The Bertz CT molecular complexity index is 739. The van der Waals surface area contributed by atoms with E-state index in [9.17, 15) is 9.32 Å². The fourth-order valence-corrected chi connectivity index (χ4v) is 3.38. The van der Waals surface area contributed by atoms with E-state index in [4.69, 9.17) is 13.1 Å². The highest BCUT2D eigenvalue weighted by atomic mass is 32.2. The fourth-order valence-electron chi connectivity index (χ4n) is 2.66. The average molecular weight is 327 g/mol. The summed E-state index contributed by atoms with van der Waals surface area (Å²) in [7, 11) is 1.73. The molecule has 0 spiro atoms. The summed E-state index contributed by atoms with van der Waals surface area (Å²) in [6.45, 7) is 0.0915. The Morgan fingerprint density at radius 1 is 1.45 bits per heavy atom. The first kappa shape index (κ1) is 14.0. The fraction of sp³-hybridized carbons (Fsp3) is 0.545. The first-order chi connectivity index (χ1) is 10.7. The molecule has 0 amide bonds. The molecule has 0 aliphatic carbocycles. The van der Waals surface area contributed by atoms with E-state index >= 15 is 0 Å². The maximum atomic E-state index is 11.3. The second-order valence-corrected chi connectivity index (χ2v) is 5.74. The molecule has 11 heteroatoms. The molecule has 2 N–H and O–H groups in total. The summed E-state index contributed by atoms with van der Waals surface area (Å²) < 4.78 is 28.6. The third kappa shape index (κ3) is 2.01. The quantitative estimate of drug-likeness (QED) is 0.724. The van der Waals surface area contributed by atoms with E-state index in [2.05, 4.69) is 20.3 Å². The molecule has 2 aliphatic heterocycles. The molecule has 0 bridgehead atoms. The van der Waals surface area contributed by atoms with Crippen molar-refractivity contribution in [2.45, 2.75) is 24.5 Å². The van der Waals surface area contributed by atoms with Crippen LogP contribution in [0.5, 0.6) is 0 Å². The Hall–Kier alpha value is -1.66. The monoisotopic (exact) mass is 327 g/mol. The minimum Gasteiger partial charge on any atom is -0.386 e. The van der Waals surface area contributed by atoms with Crippen LogP contribution < -0.4 is 5.32 Å². The Balaban J connectivity index is 1.72. The molecule has 0 saturated carbocycles. The van der Waals surface area contributed by atoms with Gasteiger partial charge in [0.05, 0.1) is 12.9 Å². The third-order valence-electron chi connectivity index (χ3n) is 3.70. The Morgan fingerprint density at radius 2 is 2.32 bits per heavy atom. The Kier molecular flexibility index (Phi) is 3.31. The van der Waals surface area contributed by atoms with Crippen LogP contribution in [-0.2, 0) is 24.5 Å². The van der Waals surface area contributed by atoms with Crippen molar-refractivity contribution in [1.82, 2.24) is 19.5 Å². The zero-order valence-electron chi connectivity index (χ0n) is 11.4. The van der Waals surface area contributed by atoms with E-state index in [-0.39, 0.29) is 6.61 Å². The minimum atomic E-state index is -1.87. The molecule has 1 unspecified atom stereocenters. The number of rotatable bonds is 2. The van der Waals surface area contributed by atoms with Crippen LogP contribution in [0.3, 0.4) is 0 Å². The van der Waals surface area contributed by atoms with Crippen molar-refractivity contribution < 1.29 is 22.4 Å². The van der Waals surface area contributed by atoms with Gasteiger partial charge in [-0.25, -0.2) is 15.0 Å². The van der Waals surface area contributed by atoms with Gasteiger partial charge < -0.3 is 15.2 Å². The molecule has 4 heterocycles. The molecule has 118 valence electrons. The van der Waals surface area contributed by atoms with Crippen LogP contribution in [0.15, 0.2) is 12.7 Å². The number of anilines is 1. The van der Waals surface area contributed by atoms with Crippen molar-refractivity contribution in [3.63, 3.8) is 0 Å². The number of nitrogens with zero attached hydrogens (tertiary/aromatic N) is 4. The molecule has 0 aromatic carbocycles. The number of aromatic nitrogens is 4. The summed E-state index contributed by atoms with van der Waals surface area (Å²) >= 11 is -1.87. The first-order valence-electron chi connectivity index (χ1n) is 6.60. The lowest BCUT2D eigenvalue weighted by molar-refractivity contribution is -0.0526. The van der Waals surface area contributed by atoms with Crippen LogP contribution in [0, 0.1) is 0 Å². The van der Waals surface area contributed by atoms with Crippen LogP contribution in [-0.4, -0.2) is 60.8 Å². The molecule has 2 fully saturated rings. The van der Waals surface area contributed by atoms with Gasteiger partial charge in [-0.2, -0.15) is 4.21 Å². The SMILES string of the molecule is CNc1ncnc2c1ncn2[C@@H]1O[C@@H]2COS(=O)O[C@@H]2[C@H]1O. The van der Waals surface area contributed by atoms with Gasteiger partial charge in [0.2, 0.25) is 0 Å². The minimum absolute atomic E-state index is 0.0915. The van der Waals surface area contributed by atoms with Crippen molar-refractivity contribution in [1.29, 1.82) is 0 Å². The summed E-state index contributed by atoms with van der Waals surface area (Å²) in [5, 5.41) is 13.3. The zero-order valence-corrected chi connectivity index (χ0v) is 12.3. The van der Waals surface area contributed by atoms with E-state index in [1.165, 1.54) is 12.7 Å². The maximum Gasteiger partial charge on any atom is 0.305 e. The molecule has 2 saturated heterocycles. The second-order valence-electron chi connectivity index (χ2n) is 4.90. The number of fused-ring (bicyclic) bond motifs is 2. The summed E-state index contributed by atoms with van der Waals surface area (Å²) in [5.41, 5.74) is 1.08. The van der Waals surface area contributed by atoms with Gasteiger partial charge in [-0.3, -0.25) is 12.9 Å². The highest BCUT2D eigenvalue weighted by Crippen LogP contribution is 2.36. The molecule has 2 aromatic heterocycles. The van der Waals surface area contributed by atoms with Crippen molar-refractivity contribution in [2.75, 3.05) is 19.0 Å². The van der Waals surface area contributed by atoms with Gasteiger partial charge in [-0.05, 0) is 0 Å². The summed E-state index contributed by atoms with van der Waals surface area (Å²) in [5.74, 6) is 0.578. The van der Waals surface area contributed by atoms with Gasteiger partial charge in [0.1, 0.15) is 30.2 Å². The second kappa shape index (κ2) is 5.21. The number of hydrogen-bond acceptors (Lipinski definition) is 9. The van der Waals surface area contributed by atoms with Crippen LogP contribution in [0.2, 0.25) is 0 Å². The van der Waals surface area contributed by atoms with Gasteiger partial charge in [0, 0.05) is 7.05 Å². The van der Waals surface area contributed by atoms with E-state index in [1.54, 1.807) is 11.6 Å². The molecule has 4 rings (SSSR count). The van der Waals surface area contributed by atoms with E-state index in [0.29, 0.717) is 17.0 Å². The first-order valence-corrected chi connectivity index (χ1v) is 7.60. The van der Waals surface area contributed by atoms with E-state index < -0.39 is 35.9 Å². The molecule has 0 radical (unpaired) electrons. The highest BCUT2D eigenvalue weighted by molar-refractivity contribution is 7.75. The Morgan fingerprint density at radius 3 is 3.14 bits per heavy atom. The van der Waals surface area contributed by atoms with E-state index in [0.717, 1.165) is 0 Å². The van der Waals surface area contributed by atoms with Gasteiger partial charge in [-0.15, -0.1) is 0 Å². The topological polar surface area (TPSA) is 121 Å². The molecular formula is C11H13N5O5S. The number of aliphatic hydroxyl groups excluding tert-OH is 1. The molecular weight excluding hydrogens is 314 g/mol. The summed E-state index contributed by atoms with van der Waals surface area (Å²) in [6, 6.07) is 0. The number of hydrogen-bond donors (Lipinski definition) is 2. The van der Waals surface area contributed by atoms with Crippen LogP contribution in [0.1, 0.15) is 6.23 Å². The van der Waals surface area contributed by atoms with Crippen molar-refractivity contribution >= 4 is 28.3 Å². The normalized spacial score (nSPS) is 34.7. The molecule has 5 atom stereocenters. The van der Waals surface area contributed by atoms with Gasteiger partial charge in [0.25, 0.3) is 0 Å². The average Bonchev–Trinajstić information content (AvgIpc) is 3.09. The van der Waals surface area contributed by atoms with Crippen molar-refractivity contribution in [3.05, 3.63) is 12.7 Å². The highest BCUT2D eigenvalue weighted by Gasteiger charge is 2.49. The maximum absolute atomic E-state index is 11.3. The lowest BCUT2D eigenvalue weighted by atomic mass is 10.1. The molecule has 22 heavy (non-hydrogen) atoms. The third-order valence-corrected chi connectivity index (χ3v) is 4.41. The zero-order chi connectivity index (χ0) is 15.3. The van der Waals surface area contributed by atoms with Crippen molar-refractivity contribution in [2.24, 2.45) is 0 Å². The molecule has 2 aliphatic rings. The number of imidazole rings is 1. The van der Waals surface area contributed by atoms with Crippen LogP contribution in [0.4, 0.5) is 5.82 Å². The van der Waals surface area contributed by atoms with Gasteiger partial charge >= 0.3 is 11.4 Å². The molecule has 2 aromatic rings. The van der Waals surface area contributed by atoms with Crippen LogP contribution >= 0.6 is 0 Å². The van der Waals surface area contributed by atoms with E-state index in [1.807, 2.05) is 0 Å². The number of nitrogens with one attached hydrogen (secondary N) is 1. The molecule has 10 nitrogen and oxygen atoms in total. The Labute approximate surface area is 127 Å². The smallest absolute Gasteiger partial charge is 0.305 e.